The summed E-state index contributed by atoms with van der Waals surface area (Å²) in [5.41, 5.74) is 0. The third-order valence-electron chi connectivity index (χ3n) is 3.76. The lowest BCUT2D eigenvalue weighted by Crippen LogP contribution is -2.38. The largest absolute Gasteiger partial charge is 0.116 e. The summed E-state index contributed by atoms with van der Waals surface area (Å²) >= 11 is 0. The van der Waals surface area contributed by atoms with E-state index in [0.29, 0.717) is 0 Å². The van der Waals surface area contributed by atoms with E-state index in [1.165, 1.54) is 0 Å². The molecule has 0 unspecified atom stereocenters. The van der Waals surface area contributed by atoms with Gasteiger partial charge in [-0.05, 0) is 24.9 Å². The Morgan fingerprint density at radius 3 is 1.71 bits per heavy atom. The zero-order valence-corrected chi connectivity index (χ0v) is 11.4. The standard InChI is InChI=1S/C16H20Si/c1-3-13-17(14-4-2,15-9-5-6-10-15)16-11-7-8-12-16/h3-9,11H,1-2,10,12-14H2. The average Bonchev–Trinajstić information content (AvgIpc) is 3.02. The second kappa shape index (κ2) is 5.33. The van der Waals surface area contributed by atoms with Crippen molar-refractivity contribution in [2.75, 3.05) is 0 Å². The molecule has 0 saturated carbocycles. The molecule has 88 valence electrons. The normalized spacial score (nSPS) is 18.1. The highest BCUT2D eigenvalue weighted by Crippen LogP contribution is 2.39. The zero-order chi connectivity index (χ0) is 12.1. The van der Waals surface area contributed by atoms with Crippen LogP contribution in [-0.2, 0) is 0 Å². The number of rotatable bonds is 6. The lowest BCUT2D eigenvalue weighted by atomic mass is 10.5. The van der Waals surface area contributed by atoms with Gasteiger partial charge in [-0.2, -0.15) is 0 Å². The Morgan fingerprint density at radius 2 is 1.41 bits per heavy atom. The molecule has 0 saturated heterocycles. The average molecular weight is 240 g/mol. The Morgan fingerprint density at radius 1 is 0.941 bits per heavy atom. The maximum Gasteiger partial charge on any atom is 0.116 e. The van der Waals surface area contributed by atoms with E-state index >= 15 is 0 Å². The number of hydrogen-bond acceptors (Lipinski definition) is 0. The quantitative estimate of drug-likeness (QED) is 0.468. The fraction of sp³-hybridized carbons (Fsp3) is 0.250. The van der Waals surface area contributed by atoms with Crippen LogP contribution >= 0.6 is 0 Å². The van der Waals surface area contributed by atoms with Crippen LogP contribution in [0.4, 0.5) is 0 Å². The molecule has 2 aliphatic carbocycles. The molecular weight excluding hydrogens is 220 g/mol. The van der Waals surface area contributed by atoms with Crippen LogP contribution in [0.1, 0.15) is 12.8 Å². The first-order chi connectivity index (χ1) is 8.33. The van der Waals surface area contributed by atoms with Gasteiger partial charge in [0.15, 0.2) is 0 Å². The first-order valence-electron chi connectivity index (χ1n) is 6.27. The van der Waals surface area contributed by atoms with E-state index in [0.717, 1.165) is 24.9 Å². The van der Waals surface area contributed by atoms with E-state index in [1.807, 2.05) is 0 Å². The molecule has 0 fully saturated rings. The summed E-state index contributed by atoms with van der Waals surface area (Å²) in [5, 5.41) is 3.29. The third-order valence-corrected chi connectivity index (χ3v) is 8.93. The summed E-state index contributed by atoms with van der Waals surface area (Å²) in [6, 6.07) is 2.28. The fourth-order valence-electron chi connectivity index (χ4n) is 2.91. The van der Waals surface area contributed by atoms with Gasteiger partial charge in [0, 0.05) is 0 Å². The third kappa shape index (κ3) is 2.20. The van der Waals surface area contributed by atoms with Crippen LogP contribution in [0, 0.1) is 0 Å². The predicted octanol–water partition coefficient (Wildman–Crippen LogP) is 4.66. The van der Waals surface area contributed by atoms with E-state index in [-0.39, 0.29) is 0 Å². The summed E-state index contributed by atoms with van der Waals surface area (Å²) in [5.74, 6) is 0. The van der Waals surface area contributed by atoms with Crippen LogP contribution in [0.25, 0.3) is 0 Å². The molecule has 0 aromatic heterocycles. The molecule has 0 amide bonds. The van der Waals surface area contributed by atoms with Gasteiger partial charge in [-0.3, -0.25) is 0 Å². The van der Waals surface area contributed by atoms with Gasteiger partial charge in [0.25, 0.3) is 0 Å². The van der Waals surface area contributed by atoms with Crippen LogP contribution < -0.4 is 0 Å². The fourth-order valence-corrected chi connectivity index (χ4v) is 7.37. The van der Waals surface area contributed by atoms with Gasteiger partial charge in [-0.15, -0.1) is 13.2 Å². The molecule has 0 N–H and O–H groups in total. The van der Waals surface area contributed by atoms with Gasteiger partial charge in [-0.25, -0.2) is 0 Å². The van der Waals surface area contributed by atoms with E-state index in [2.05, 4.69) is 61.8 Å². The van der Waals surface area contributed by atoms with E-state index < -0.39 is 8.07 Å². The van der Waals surface area contributed by atoms with Crippen molar-refractivity contribution in [3.05, 3.63) is 72.2 Å². The highest BCUT2D eigenvalue weighted by Gasteiger charge is 2.38. The summed E-state index contributed by atoms with van der Waals surface area (Å²) in [4.78, 5) is 0. The van der Waals surface area contributed by atoms with Gasteiger partial charge in [0.05, 0.1) is 0 Å². The molecule has 2 rings (SSSR count). The second-order valence-electron chi connectivity index (χ2n) is 4.72. The van der Waals surface area contributed by atoms with E-state index in [4.69, 9.17) is 0 Å². The molecule has 0 aliphatic heterocycles. The van der Waals surface area contributed by atoms with Gasteiger partial charge >= 0.3 is 0 Å². The highest BCUT2D eigenvalue weighted by atomic mass is 28.3. The Bertz CT molecular complexity index is 390. The van der Waals surface area contributed by atoms with E-state index in [1.54, 1.807) is 10.4 Å². The molecule has 0 heterocycles. The SMILES string of the molecule is C=CC[Si](CC=C)(C1=CC=CC1)C1=CC=CC1. The molecule has 0 nitrogen and oxygen atoms in total. The number of hydrogen-bond donors (Lipinski definition) is 0. The topological polar surface area (TPSA) is 0 Å². The molecule has 2 aliphatic rings. The lowest BCUT2D eigenvalue weighted by molar-refractivity contribution is 1.24. The zero-order valence-electron chi connectivity index (χ0n) is 10.4. The van der Waals surface area contributed by atoms with Crippen LogP contribution in [0.5, 0.6) is 0 Å². The van der Waals surface area contributed by atoms with Crippen LogP contribution in [0.2, 0.25) is 12.1 Å². The monoisotopic (exact) mass is 240 g/mol. The van der Waals surface area contributed by atoms with Crippen molar-refractivity contribution in [3.8, 4) is 0 Å². The minimum atomic E-state index is -1.57. The second-order valence-corrected chi connectivity index (χ2v) is 8.98. The van der Waals surface area contributed by atoms with Crippen molar-refractivity contribution < 1.29 is 0 Å². The summed E-state index contributed by atoms with van der Waals surface area (Å²) in [6.45, 7) is 7.95. The van der Waals surface area contributed by atoms with E-state index in [9.17, 15) is 0 Å². The first kappa shape index (κ1) is 12.1. The minimum absolute atomic E-state index is 1.13. The molecule has 0 bridgehead atoms. The van der Waals surface area contributed by atoms with Gasteiger partial charge in [0.2, 0.25) is 0 Å². The van der Waals surface area contributed by atoms with Crippen molar-refractivity contribution in [2.45, 2.75) is 24.9 Å². The molecule has 0 spiro atoms. The van der Waals surface area contributed by atoms with Crippen molar-refractivity contribution in [3.63, 3.8) is 0 Å². The van der Waals surface area contributed by atoms with Crippen molar-refractivity contribution in [1.82, 2.24) is 0 Å². The van der Waals surface area contributed by atoms with Crippen LogP contribution in [-0.4, -0.2) is 8.07 Å². The van der Waals surface area contributed by atoms with Crippen LogP contribution in [0.3, 0.4) is 0 Å². The predicted molar refractivity (Wildman–Crippen MR) is 79.4 cm³/mol. The Balaban J connectivity index is 2.37. The van der Waals surface area contributed by atoms with Gasteiger partial charge < -0.3 is 0 Å². The van der Waals surface area contributed by atoms with Crippen LogP contribution in [0.15, 0.2) is 72.2 Å². The Kier molecular flexibility index (Phi) is 3.80. The van der Waals surface area contributed by atoms with Crippen molar-refractivity contribution in [2.24, 2.45) is 0 Å². The van der Waals surface area contributed by atoms with Crippen molar-refractivity contribution >= 4 is 8.07 Å². The van der Waals surface area contributed by atoms with Gasteiger partial charge in [0.1, 0.15) is 8.07 Å². The maximum absolute atomic E-state index is 3.98. The summed E-state index contributed by atoms with van der Waals surface area (Å²) in [7, 11) is -1.57. The maximum atomic E-state index is 3.98. The van der Waals surface area contributed by atoms with Gasteiger partial charge in [-0.1, -0.05) is 59.0 Å². The van der Waals surface area contributed by atoms with Crippen molar-refractivity contribution in [1.29, 1.82) is 0 Å². The molecule has 17 heavy (non-hydrogen) atoms. The smallest absolute Gasteiger partial charge is 0.103 e. The highest BCUT2D eigenvalue weighted by molar-refractivity contribution is 6.93. The molecular formula is C16H20Si. The Labute approximate surface area is 105 Å². The first-order valence-corrected chi connectivity index (χ1v) is 8.69. The number of allylic oxidation sites excluding steroid dienone is 10. The summed E-state index contributed by atoms with van der Waals surface area (Å²) in [6.07, 6.45) is 20.1. The Hall–Kier alpha value is -1.34. The summed E-state index contributed by atoms with van der Waals surface area (Å²) < 4.78 is 0. The lowest BCUT2D eigenvalue weighted by Gasteiger charge is -2.33. The molecule has 0 atom stereocenters. The minimum Gasteiger partial charge on any atom is -0.103 e. The molecule has 1 heteroatoms. The molecule has 0 aromatic carbocycles. The molecule has 0 aromatic rings. The molecule has 0 radical (unpaired) electrons.